The average Bonchev–Trinajstić information content (AvgIpc) is 3.81. The number of ether oxygens (including phenoxy) is 3. The maximum atomic E-state index is 14.1. The van der Waals surface area contributed by atoms with Crippen molar-refractivity contribution in [3.8, 4) is 0 Å². The number of likely N-dealkylation sites (tertiary alicyclic amines) is 1. The summed E-state index contributed by atoms with van der Waals surface area (Å²) in [6, 6.07) is 12.9. The highest BCUT2D eigenvalue weighted by molar-refractivity contribution is 6.73. The molecule has 3 amide bonds. The second-order valence-corrected chi connectivity index (χ2v) is 21.7. The number of hydrogen-bond acceptors (Lipinski definition) is 20. The standard InChI is InChI=1S/C45H48N8O18Si/c1-6-72(7-2,8-3)71-25(5)35-36-24(4)32(37(50(36)38(35)55)42(59)68-39(56)26-9-15-29(16-10-26)51(62)63)21-49-22-33(34(54)23-49)46-43(47-44(60)69-40(57)27-11-17-30(18-12-27)52(64)65)48-45(61)70-41(58)28-13-19-31(20-14-28)53(66)67/h9-20,24-25,33-36,54H,6-8,21-23H2,1-5H3,(H2,46,47,48,60,61)/t24-,25+,33-,34-,35+,36+/m0/s1. The van der Waals surface area contributed by atoms with E-state index in [0.717, 1.165) is 90.9 Å². The van der Waals surface area contributed by atoms with Crippen molar-refractivity contribution in [1.29, 1.82) is 0 Å². The number of esters is 4. The molecule has 3 aliphatic heterocycles. The molecule has 3 aliphatic rings. The van der Waals surface area contributed by atoms with Crippen molar-refractivity contribution in [3.05, 3.63) is 131 Å². The number of guanidine groups is 1. The maximum Gasteiger partial charge on any atom is 0.421 e. The van der Waals surface area contributed by atoms with Gasteiger partial charge in [-0.05, 0) is 67.0 Å². The van der Waals surface area contributed by atoms with Crippen molar-refractivity contribution in [2.45, 2.75) is 77.0 Å². The molecular formula is C45H48N8O18Si. The highest BCUT2D eigenvalue weighted by Gasteiger charge is 2.61. The van der Waals surface area contributed by atoms with Crippen molar-refractivity contribution in [1.82, 2.24) is 20.4 Å². The fourth-order valence-electron chi connectivity index (χ4n) is 8.78. The summed E-state index contributed by atoms with van der Waals surface area (Å²) in [7, 11) is -2.24. The molecule has 2 fully saturated rings. The first-order valence-electron chi connectivity index (χ1n) is 22.4. The minimum absolute atomic E-state index is 0.131. The molecule has 0 unspecified atom stereocenters. The number of β-lactam (4-membered cyclic amide) rings is 1. The van der Waals surface area contributed by atoms with E-state index in [4.69, 9.17) is 18.6 Å². The monoisotopic (exact) mass is 1020 g/mol. The molecule has 0 radical (unpaired) electrons. The van der Waals surface area contributed by atoms with E-state index in [-0.39, 0.29) is 59.1 Å². The topological polar surface area (TPSA) is 349 Å². The Morgan fingerprint density at radius 1 is 0.708 bits per heavy atom. The van der Waals surface area contributed by atoms with Crippen LogP contribution < -0.4 is 10.6 Å². The molecule has 6 atom stereocenters. The zero-order valence-electron chi connectivity index (χ0n) is 39.2. The van der Waals surface area contributed by atoms with Gasteiger partial charge in [0.25, 0.3) is 17.1 Å². The number of nitro benzene ring substituents is 3. The van der Waals surface area contributed by atoms with E-state index in [1.807, 2.05) is 38.3 Å². The van der Waals surface area contributed by atoms with Gasteiger partial charge in [-0.25, -0.2) is 33.8 Å². The Balaban J connectivity index is 1.26. The summed E-state index contributed by atoms with van der Waals surface area (Å²) in [6.07, 6.45) is -5.05. The smallest absolute Gasteiger partial charge is 0.413 e. The van der Waals surface area contributed by atoms with Crippen molar-refractivity contribution >= 4 is 73.3 Å². The number of nitrogens with zero attached hydrogens (tertiary/aromatic N) is 6. The third-order valence-corrected chi connectivity index (χ3v) is 17.6. The Kier molecular flexibility index (Phi) is 16.5. The van der Waals surface area contributed by atoms with E-state index in [2.05, 4.69) is 4.99 Å². The number of benzene rings is 3. The normalized spacial score (nSPS) is 19.8. The summed E-state index contributed by atoms with van der Waals surface area (Å²) < 4.78 is 21.6. The number of aliphatic imine (C=N–C) groups is 1. The van der Waals surface area contributed by atoms with Crippen LogP contribution in [0.4, 0.5) is 26.7 Å². The lowest BCUT2D eigenvalue weighted by molar-refractivity contribution is -0.385. The van der Waals surface area contributed by atoms with Gasteiger partial charge in [-0.3, -0.25) is 50.7 Å². The molecule has 0 spiro atoms. The van der Waals surface area contributed by atoms with E-state index in [0.29, 0.717) is 5.57 Å². The lowest BCUT2D eigenvalue weighted by Crippen LogP contribution is -2.65. The van der Waals surface area contributed by atoms with Gasteiger partial charge >= 0.3 is 36.1 Å². The molecule has 26 nitrogen and oxygen atoms in total. The number of aliphatic hydroxyl groups is 1. The number of nitro groups is 3. The minimum Gasteiger partial charge on any atom is -0.413 e. The molecule has 3 heterocycles. The van der Waals surface area contributed by atoms with Crippen LogP contribution in [-0.4, -0.2) is 130 Å². The molecule has 6 rings (SSSR count). The fraction of sp³-hybridized carbons (Fsp3) is 0.378. The highest BCUT2D eigenvalue weighted by atomic mass is 28.4. The molecule has 0 aliphatic carbocycles. The van der Waals surface area contributed by atoms with Crippen LogP contribution >= 0.6 is 0 Å². The Morgan fingerprint density at radius 3 is 1.53 bits per heavy atom. The number of non-ortho nitro benzene ring substituents is 3. The van der Waals surface area contributed by atoms with Crippen molar-refractivity contribution in [2.24, 2.45) is 16.8 Å². The first-order chi connectivity index (χ1) is 34.1. The van der Waals surface area contributed by atoms with Crippen LogP contribution in [0.2, 0.25) is 18.1 Å². The number of fused-ring (bicyclic) bond motifs is 1. The first kappa shape index (κ1) is 53.2. The summed E-state index contributed by atoms with van der Waals surface area (Å²) in [6.45, 7) is 9.23. The second kappa shape index (κ2) is 22.3. The largest absolute Gasteiger partial charge is 0.421 e. The van der Waals surface area contributed by atoms with Gasteiger partial charge in [-0.1, -0.05) is 27.7 Å². The van der Waals surface area contributed by atoms with Crippen LogP contribution in [-0.2, 0) is 28.2 Å². The molecule has 72 heavy (non-hydrogen) atoms. The number of alkyl carbamates (subject to hydrolysis) is 2. The summed E-state index contributed by atoms with van der Waals surface area (Å²) >= 11 is 0. The third kappa shape index (κ3) is 11.7. The highest BCUT2D eigenvalue weighted by Crippen LogP contribution is 2.49. The van der Waals surface area contributed by atoms with Crippen LogP contribution in [0.25, 0.3) is 0 Å². The minimum atomic E-state index is -2.24. The molecule has 3 aromatic carbocycles. The lowest BCUT2D eigenvalue weighted by atomic mass is 9.77. The fourth-order valence-corrected chi connectivity index (χ4v) is 11.7. The quantitative estimate of drug-likeness (QED) is 0.0200. The van der Waals surface area contributed by atoms with Crippen LogP contribution in [0.3, 0.4) is 0 Å². The molecule has 27 heteroatoms. The van der Waals surface area contributed by atoms with Crippen LogP contribution in [0.1, 0.15) is 65.7 Å². The van der Waals surface area contributed by atoms with Crippen LogP contribution in [0.15, 0.2) is 89.1 Å². The molecule has 0 bridgehead atoms. The van der Waals surface area contributed by atoms with Gasteiger partial charge in [0.1, 0.15) is 5.70 Å². The number of aliphatic hydroxyl groups excluding tert-OH is 1. The molecule has 3 N–H and O–H groups in total. The van der Waals surface area contributed by atoms with Crippen LogP contribution in [0.5, 0.6) is 0 Å². The Labute approximate surface area is 409 Å². The van der Waals surface area contributed by atoms with E-state index in [9.17, 15) is 69.0 Å². The van der Waals surface area contributed by atoms with Gasteiger partial charge in [0.15, 0.2) is 8.32 Å². The number of nitrogens with one attached hydrogen (secondary N) is 2. The summed E-state index contributed by atoms with van der Waals surface area (Å²) in [5.74, 6) is -7.42. The van der Waals surface area contributed by atoms with Gasteiger partial charge in [-0.15, -0.1) is 0 Å². The number of amides is 3. The van der Waals surface area contributed by atoms with Crippen molar-refractivity contribution < 1.29 is 72.1 Å². The summed E-state index contributed by atoms with van der Waals surface area (Å²) in [5, 5.41) is 48.7. The molecule has 0 saturated carbocycles. The molecule has 0 aromatic heterocycles. The summed E-state index contributed by atoms with van der Waals surface area (Å²) in [4.78, 5) is 131. The summed E-state index contributed by atoms with van der Waals surface area (Å²) in [5.41, 5.74) is -1.70. The maximum absolute atomic E-state index is 14.1. The first-order valence-corrected chi connectivity index (χ1v) is 24.9. The van der Waals surface area contributed by atoms with Crippen molar-refractivity contribution in [2.75, 3.05) is 19.6 Å². The average molecular weight is 1020 g/mol. The third-order valence-electron chi connectivity index (χ3n) is 12.8. The van der Waals surface area contributed by atoms with Gasteiger partial charge in [0.2, 0.25) is 11.9 Å². The zero-order valence-corrected chi connectivity index (χ0v) is 40.2. The number of hydrogen-bond donors (Lipinski definition) is 3. The molecule has 2 saturated heterocycles. The SMILES string of the molecule is CC[Si](CC)(CC)O[C@H](C)[C@H]1C(=O)N2C(C(=O)OC(=O)c3ccc([N+](=O)[O-])cc3)=C(CN3C[C@H](N=C(NC(=O)OC(=O)c4ccc([N+](=O)[O-])cc4)NC(=O)OC(=O)c4ccc([N+](=O)[O-])cc4)[C@@H](O)C3)[C@H](C)[C@H]12. The molecular weight excluding hydrogens is 969 g/mol. The van der Waals surface area contributed by atoms with Gasteiger partial charge in [-0.2, -0.15) is 0 Å². The number of carbonyl (C=O) groups excluding carboxylic acids is 7. The van der Waals surface area contributed by atoms with E-state index < -0.39 is 107 Å². The van der Waals surface area contributed by atoms with E-state index in [1.165, 1.54) is 4.90 Å². The Hall–Kier alpha value is -8.14. The number of carbonyl (C=O) groups is 7. The van der Waals surface area contributed by atoms with E-state index in [1.54, 1.807) is 11.8 Å². The predicted molar refractivity (Wildman–Crippen MR) is 249 cm³/mol. The van der Waals surface area contributed by atoms with Gasteiger partial charge in [0.05, 0.1) is 61.7 Å². The Bertz CT molecular complexity index is 2650. The second-order valence-electron chi connectivity index (χ2n) is 17.0. The Morgan fingerprint density at radius 2 is 1.12 bits per heavy atom. The van der Waals surface area contributed by atoms with Crippen LogP contribution in [0, 0.1) is 42.2 Å². The zero-order chi connectivity index (χ0) is 52.8. The predicted octanol–water partition coefficient (Wildman–Crippen LogP) is 4.77. The lowest BCUT2D eigenvalue weighted by Gasteiger charge is -2.49. The van der Waals surface area contributed by atoms with Gasteiger partial charge in [0, 0.05) is 62.0 Å². The number of β-amino-alcohol motifs (C(OH)–C–C–N with tert-alkyl or cyclic N) is 1. The van der Waals surface area contributed by atoms with E-state index >= 15 is 0 Å². The number of rotatable bonds is 16. The molecule has 3 aromatic rings. The van der Waals surface area contributed by atoms with Gasteiger partial charge < -0.3 is 28.6 Å². The molecule has 380 valence electrons. The van der Waals surface area contributed by atoms with Crippen molar-refractivity contribution in [3.63, 3.8) is 0 Å².